The van der Waals surface area contributed by atoms with Gasteiger partial charge in [0.05, 0.1) is 25.0 Å². The van der Waals surface area contributed by atoms with E-state index in [0.717, 1.165) is 5.56 Å². The van der Waals surface area contributed by atoms with Gasteiger partial charge in [-0.05, 0) is 38.5 Å². The van der Waals surface area contributed by atoms with Crippen LogP contribution in [0, 0.1) is 18.3 Å². The van der Waals surface area contributed by atoms with Gasteiger partial charge in [-0.3, -0.25) is 4.79 Å². The second-order valence-electron chi connectivity index (χ2n) is 6.02. The van der Waals surface area contributed by atoms with E-state index < -0.39 is 5.91 Å². The van der Waals surface area contributed by atoms with Crippen LogP contribution in [0.4, 0.5) is 5.69 Å². The van der Waals surface area contributed by atoms with Gasteiger partial charge in [0.1, 0.15) is 17.4 Å². The Hall–Kier alpha value is -2.52. The van der Waals surface area contributed by atoms with Gasteiger partial charge in [0.15, 0.2) is 0 Å². The second kappa shape index (κ2) is 7.84. The number of amides is 1. The molecule has 1 fully saturated rings. The lowest BCUT2D eigenvalue weighted by Gasteiger charge is -2.34. The van der Waals surface area contributed by atoms with Gasteiger partial charge in [0.2, 0.25) is 0 Å². The summed E-state index contributed by atoms with van der Waals surface area (Å²) in [5, 5.41) is 12.1. The SMILES string of the molecule is COc1ccc(C)cc1NC(=O)/C(C#N)=C\N1CC(C)OC(C)C1. The van der Waals surface area contributed by atoms with Crippen LogP contribution in [-0.2, 0) is 9.53 Å². The van der Waals surface area contributed by atoms with E-state index in [0.29, 0.717) is 24.5 Å². The number of nitriles is 1. The van der Waals surface area contributed by atoms with Crippen LogP contribution in [0.1, 0.15) is 19.4 Å². The van der Waals surface area contributed by atoms with Gasteiger partial charge < -0.3 is 19.7 Å². The number of methoxy groups -OCH3 is 1. The number of anilines is 1. The third kappa shape index (κ3) is 4.49. The lowest BCUT2D eigenvalue weighted by Crippen LogP contribution is -2.43. The maximum absolute atomic E-state index is 12.4. The first-order valence-electron chi connectivity index (χ1n) is 7.90. The first-order valence-corrected chi connectivity index (χ1v) is 7.90. The molecule has 1 aromatic carbocycles. The van der Waals surface area contributed by atoms with Gasteiger partial charge in [-0.25, -0.2) is 0 Å². The van der Waals surface area contributed by atoms with Crippen LogP contribution in [0.15, 0.2) is 30.0 Å². The first kappa shape index (κ1) is 17.8. The summed E-state index contributed by atoms with van der Waals surface area (Å²) in [6.45, 7) is 7.17. The molecule has 1 aromatic rings. The van der Waals surface area contributed by atoms with Crippen molar-refractivity contribution >= 4 is 11.6 Å². The Morgan fingerprint density at radius 3 is 2.67 bits per heavy atom. The Bertz CT molecular complexity index is 669. The third-order valence-corrected chi connectivity index (χ3v) is 3.73. The zero-order valence-electron chi connectivity index (χ0n) is 14.5. The van der Waals surface area contributed by atoms with Crippen molar-refractivity contribution in [3.05, 3.63) is 35.5 Å². The van der Waals surface area contributed by atoms with Crippen molar-refractivity contribution in [2.24, 2.45) is 0 Å². The number of hydrogen-bond acceptors (Lipinski definition) is 5. The van der Waals surface area contributed by atoms with E-state index >= 15 is 0 Å². The summed E-state index contributed by atoms with van der Waals surface area (Å²) in [6.07, 6.45) is 1.72. The molecule has 24 heavy (non-hydrogen) atoms. The Balaban J connectivity index is 2.16. The van der Waals surface area contributed by atoms with Crippen LogP contribution in [0.2, 0.25) is 0 Å². The minimum Gasteiger partial charge on any atom is -0.495 e. The van der Waals surface area contributed by atoms with E-state index in [2.05, 4.69) is 5.32 Å². The highest BCUT2D eigenvalue weighted by Crippen LogP contribution is 2.25. The highest BCUT2D eigenvalue weighted by Gasteiger charge is 2.22. The number of nitrogens with zero attached hydrogens (tertiary/aromatic N) is 2. The van der Waals surface area contributed by atoms with Crippen LogP contribution in [0.5, 0.6) is 5.75 Å². The van der Waals surface area contributed by atoms with Crippen LogP contribution in [0.3, 0.4) is 0 Å². The zero-order valence-corrected chi connectivity index (χ0v) is 14.5. The van der Waals surface area contributed by atoms with Crippen molar-refractivity contribution < 1.29 is 14.3 Å². The first-order chi connectivity index (χ1) is 11.4. The molecule has 1 aliphatic heterocycles. The predicted molar refractivity (Wildman–Crippen MR) is 91.6 cm³/mol. The molecular formula is C18H23N3O3. The molecular weight excluding hydrogens is 306 g/mol. The van der Waals surface area contributed by atoms with E-state index in [1.165, 1.54) is 7.11 Å². The molecule has 1 saturated heterocycles. The number of carbonyl (C=O) groups is 1. The molecule has 6 heteroatoms. The average Bonchev–Trinajstić information content (AvgIpc) is 2.51. The van der Waals surface area contributed by atoms with Crippen LogP contribution < -0.4 is 10.1 Å². The summed E-state index contributed by atoms with van der Waals surface area (Å²) in [4.78, 5) is 14.4. The summed E-state index contributed by atoms with van der Waals surface area (Å²) in [5.41, 5.74) is 1.59. The fourth-order valence-corrected chi connectivity index (χ4v) is 2.75. The van der Waals surface area contributed by atoms with E-state index in [1.807, 2.05) is 43.9 Å². The molecule has 6 nitrogen and oxygen atoms in total. The smallest absolute Gasteiger partial charge is 0.267 e. The van der Waals surface area contributed by atoms with E-state index in [-0.39, 0.29) is 17.8 Å². The van der Waals surface area contributed by atoms with Gasteiger partial charge in [0, 0.05) is 19.3 Å². The third-order valence-electron chi connectivity index (χ3n) is 3.73. The average molecular weight is 329 g/mol. The normalized spacial score (nSPS) is 21.1. The summed E-state index contributed by atoms with van der Waals surface area (Å²) in [5.74, 6) is 0.105. The summed E-state index contributed by atoms with van der Waals surface area (Å²) < 4.78 is 10.9. The van der Waals surface area contributed by atoms with Gasteiger partial charge in [0.25, 0.3) is 5.91 Å². The minimum absolute atomic E-state index is 0.0554. The van der Waals surface area contributed by atoms with Gasteiger partial charge in [-0.1, -0.05) is 6.07 Å². The topological polar surface area (TPSA) is 74.6 Å². The van der Waals surface area contributed by atoms with Crippen molar-refractivity contribution in [2.45, 2.75) is 33.0 Å². The number of benzene rings is 1. The van der Waals surface area contributed by atoms with Crippen molar-refractivity contribution in [3.63, 3.8) is 0 Å². The molecule has 1 heterocycles. The molecule has 128 valence electrons. The molecule has 0 bridgehead atoms. The molecule has 1 aliphatic rings. The molecule has 1 N–H and O–H groups in total. The van der Waals surface area contributed by atoms with Crippen LogP contribution >= 0.6 is 0 Å². The zero-order chi connectivity index (χ0) is 17.7. The number of ether oxygens (including phenoxy) is 2. The number of hydrogen-bond donors (Lipinski definition) is 1. The summed E-state index contributed by atoms with van der Waals surface area (Å²) in [6, 6.07) is 7.47. The predicted octanol–water partition coefficient (Wildman–Crippen LogP) is 2.46. The fourth-order valence-electron chi connectivity index (χ4n) is 2.75. The number of nitrogens with one attached hydrogen (secondary N) is 1. The van der Waals surface area contributed by atoms with E-state index in [4.69, 9.17) is 9.47 Å². The highest BCUT2D eigenvalue weighted by atomic mass is 16.5. The highest BCUT2D eigenvalue weighted by molar-refractivity contribution is 6.07. The van der Waals surface area contributed by atoms with Crippen molar-refractivity contribution in [1.29, 1.82) is 5.26 Å². The molecule has 2 atom stereocenters. The van der Waals surface area contributed by atoms with Crippen LogP contribution in [-0.4, -0.2) is 43.2 Å². The lowest BCUT2D eigenvalue weighted by atomic mass is 10.2. The standard InChI is InChI=1S/C18H23N3O3/c1-12-5-6-17(23-4)16(7-12)20-18(22)15(8-19)11-21-9-13(2)24-14(3)10-21/h5-7,11,13-14H,9-10H2,1-4H3,(H,20,22)/b15-11-. The minimum atomic E-state index is -0.451. The van der Waals surface area contributed by atoms with E-state index in [1.54, 1.807) is 12.3 Å². The van der Waals surface area contributed by atoms with Gasteiger partial charge in [-0.2, -0.15) is 5.26 Å². The molecule has 2 rings (SSSR count). The van der Waals surface area contributed by atoms with Gasteiger partial charge in [-0.15, -0.1) is 0 Å². The van der Waals surface area contributed by atoms with Crippen molar-refractivity contribution in [2.75, 3.05) is 25.5 Å². The van der Waals surface area contributed by atoms with E-state index in [9.17, 15) is 10.1 Å². The Morgan fingerprint density at radius 2 is 2.08 bits per heavy atom. The molecule has 0 aromatic heterocycles. The molecule has 2 unspecified atom stereocenters. The second-order valence-corrected chi connectivity index (χ2v) is 6.02. The number of morpholine rings is 1. The maximum atomic E-state index is 12.4. The Morgan fingerprint density at radius 1 is 1.42 bits per heavy atom. The number of aryl methyl sites for hydroxylation is 1. The molecule has 0 aliphatic carbocycles. The Kier molecular flexibility index (Phi) is 5.83. The van der Waals surface area contributed by atoms with Crippen LogP contribution in [0.25, 0.3) is 0 Å². The largest absolute Gasteiger partial charge is 0.495 e. The Labute approximate surface area is 142 Å². The molecule has 1 amide bonds. The summed E-state index contributed by atoms with van der Waals surface area (Å²) >= 11 is 0. The number of rotatable bonds is 4. The summed E-state index contributed by atoms with van der Waals surface area (Å²) in [7, 11) is 1.54. The quantitative estimate of drug-likeness (QED) is 0.678. The van der Waals surface area contributed by atoms with Crippen molar-refractivity contribution in [1.82, 2.24) is 4.90 Å². The fraction of sp³-hybridized carbons (Fsp3) is 0.444. The molecule has 0 radical (unpaired) electrons. The number of carbonyl (C=O) groups excluding carboxylic acids is 1. The maximum Gasteiger partial charge on any atom is 0.267 e. The van der Waals surface area contributed by atoms with Crippen molar-refractivity contribution in [3.8, 4) is 11.8 Å². The molecule has 0 saturated carbocycles. The van der Waals surface area contributed by atoms with Gasteiger partial charge >= 0.3 is 0 Å². The lowest BCUT2D eigenvalue weighted by molar-refractivity contribution is -0.112. The monoisotopic (exact) mass is 329 g/mol. The molecule has 0 spiro atoms.